The number of aliphatic hydroxyl groups excluding tert-OH is 3. The largest absolute Gasteiger partial charge is 0.394 e. The molecule has 1 aliphatic rings. The van der Waals surface area contributed by atoms with Gasteiger partial charge in [0.15, 0.2) is 0 Å². The molecule has 0 radical (unpaired) electrons. The summed E-state index contributed by atoms with van der Waals surface area (Å²) in [6, 6.07) is 6.39. The predicted octanol–water partition coefficient (Wildman–Crippen LogP) is -1.50. The Kier molecular flexibility index (Phi) is 5.09. The van der Waals surface area contributed by atoms with Crippen molar-refractivity contribution in [2.75, 3.05) is 26.4 Å². The van der Waals surface area contributed by atoms with Crippen LogP contribution in [0.1, 0.15) is 27.1 Å². The quantitative estimate of drug-likeness (QED) is 0.453. The summed E-state index contributed by atoms with van der Waals surface area (Å²) in [4.78, 5) is 37.1. The monoisotopic (exact) mass is 322 g/mol. The average Bonchev–Trinajstić information content (AvgIpc) is 2.82. The maximum Gasteiger partial charge on any atom is 0.261 e. The van der Waals surface area contributed by atoms with Crippen molar-refractivity contribution in [3.05, 3.63) is 35.4 Å². The van der Waals surface area contributed by atoms with Gasteiger partial charge >= 0.3 is 0 Å². The lowest BCUT2D eigenvalue weighted by molar-refractivity contribution is -0.125. The van der Waals surface area contributed by atoms with E-state index in [2.05, 4.69) is 5.32 Å². The van der Waals surface area contributed by atoms with Gasteiger partial charge in [0, 0.05) is 13.0 Å². The minimum absolute atomic E-state index is 0.128. The second kappa shape index (κ2) is 6.86. The van der Waals surface area contributed by atoms with Crippen LogP contribution in [0.3, 0.4) is 0 Å². The highest BCUT2D eigenvalue weighted by molar-refractivity contribution is 6.21. The summed E-state index contributed by atoms with van der Waals surface area (Å²) in [6.07, 6.45) is -0.201. The van der Waals surface area contributed by atoms with Crippen LogP contribution >= 0.6 is 0 Å². The van der Waals surface area contributed by atoms with Crippen LogP contribution in [0.25, 0.3) is 0 Å². The van der Waals surface area contributed by atoms with Crippen LogP contribution in [0.2, 0.25) is 0 Å². The lowest BCUT2D eigenvalue weighted by Gasteiger charge is -2.28. The number of nitrogens with one attached hydrogen (secondary N) is 1. The third-order valence-corrected chi connectivity index (χ3v) is 3.75. The molecule has 0 atom stereocenters. The van der Waals surface area contributed by atoms with Crippen molar-refractivity contribution in [2.24, 2.45) is 0 Å². The van der Waals surface area contributed by atoms with E-state index in [9.17, 15) is 14.4 Å². The number of nitrogens with zero attached hydrogens (tertiary/aromatic N) is 1. The Bertz CT molecular complexity index is 583. The fourth-order valence-electron chi connectivity index (χ4n) is 2.28. The Balaban J connectivity index is 1.98. The van der Waals surface area contributed by atoms with E-state index < -0.39 is 43.1 Å². The minimum Gasteiger partial charge on any atom is -0.394 e. The molecule has 0 aliphatic carbocycles. The smallest absolute Gasteiger partial charge is 0.261 e. The second-order valence-corrected chi connectivity index (χ2v) is 5.36. The zero-order valence-corrected chi connectivity index (χ0v) is 12.4. The van der Waals surface area contributed by atoms with Gasteiger partial charge in [-0.25, -0.2) is 0 Å². The molecule has 0 saturated carbocycles. The molecule has 8 heteroatoms. The number of carbonyl (C=O) groups is 3. The van der Waals surface area contributed by atoms with Crippen molar-refractivity contribution in [3.63, 3.8) is 0 Å². The average molecular weight is 322 g/mol. The molecular weight excluding hydrogens is 304 g/mol. The van der Waals surface area contributed by atoms with Crippen molar-refractivity contribution in [1.82, 2.24) is 10.2 Å². The van der Waals surface area contributed by atoms with E-state index in [0.29, 0.717) is 11.1 Å². The molecule has 0 unspecified atom stereocenters. The predicted molar refractivity (Wildman–Crippen MR) is 78.6 cm³/mol. The van der Waals surface area contributed by atoms with E-state index >= 15 is 0 Å². The third-order valence-electron chi connectivity index (χ3n) is 3.75. The molecular formula is C15H18N2O6. The molecule has 0 saturated heterocycles. The maximum atomic E-state index is 12.1. The van der Waals surface area contributed by atoms with E-state index in [0.717, 1.165) is 4.90 Å². The number of carbonyl (C=O) groups excluding carboxylic acids is 3. The van der Waals surface area contributed by atoms with Crippen LogP contribution in [-0.2, 0) is 4.79 Å². The van der Waals surface area contributed by atoms with E-state index in [1.54, 1.807) is 24.3 Å². The summed E-state index contributed by atoms with van der Waals surface area (Å²) in [5.74, 6) is -1.52. The first kappa shape index (κ1) is 17.1. The number of hydrogen-bond acceptors (Lipinski definition) is 6. The first-order chi connectivity index (χ1) is 11.0. The normalized spacial score (nSPS) is 14.1. The summed E-state index contributed by atoms with van der Waals surface area (Å²) >= 11 is 0. The molecule has 0 bridgehead atoms. The molecule has 124 valence electrons. The summed E-state index contributed by atoms with van der Waals surface area (Å²) in [5.41, 5.74) is -0.930. The van der Waals surface area contributed by atoms with Crippen LogP contribution in [0.15, 0.2) is 24.3 Å². The topological polar surface area (TPSA) is 127 Å². The Morgan fingerprint density at radius 2 is 1.48 bits per heavy atom. The van der Waals surface area contributed by atoms with Crippen LogP contribution in [0, 0.1) is 0 Å². The fourth-order valence-corrected chi connectivity index (χ4v) is 2.28. The van der Waals surface area contributed by atoms with Crippen molar-refractivity contribution in [3.8, 4) is 0 Å². The molecule has 4 N–H and O–H groups in total. The molecule has 1 aromatic carbocycles. The lowest BCUT2D eigenvalue weighted by Crippen LogP contribution is -2.57. The zero-order chi connectivity index (χ0) is 17.0. The molecule has 8 nitrogen and oxygen atoms in total. The molecule has 1 heterocycles. The van der Waals surface area contributed by atoms with Gasteiger partial charge in [-0.1, -0.05) is 12.1 Å². The Labute approximate surface area is 132 Å². The van der Waals surface area contributed by atoms with Gasteiger partial charge in [-0.2, -0.15) is 0 Å². The Morgan fingerprint density at radius 1 is 1.00 bits per heavy atom. The molecule has 1 aromatic rings. The molecule has 2 rings (SSSR count). The van der Waals surface area contributed by atoms with Crippen LogP contribution in [0.4, 0.5) is 0 Å². The number of amides is 3. The Hall–Kier alpha value is -2.29. The molecule has 0 fully saturated rings. The lowest BCUT2D eigenvalue weighted by atomic mass is 10.0. The number of imide groups is 1. The Morgan fingerprint density at radius 3 is 1.91 bits per heavy atom. The summed E-state index contributed by atoms with van der Waals surface area (Å²) in [7, 11) is 0. The standard InChI is InChI=1S/C15H18N2O6/c18-7-15(8-19,9-20)16-12(21)5-6-17-13(22)10-3-1-2-4-11(10)14(17)23/h1-4,18-20H,5-9H2,(H,16,21). The fraction of sp³-hybridized carbons (Fsp3) is 0.400. The van der Waals surface area contributed by atoms with Gasteiger partial charge < -0.3 is 20.6 Å². The first-order valence-corrected chi connectivity index (χ1v) is 7.07. The number of fused-ring (bicyclic) bond motifs is 1. The van der Waals surface area contributed by atoms with Gasteiger partial charge in [-0.15, -0.1) is 0 Å². The van der Waals surface area contributed by atoms with E-state index in [1.165, 1.54) is 0 Å². The van der Waals surface area contributed by atoms with Gasteiger partial charge in [0.05, 0.1) is 30.9 Å². The number of hydrogen-bond donors (Lipinski definition) is 4. The van der Waals surface area contributed by atoms with Crippen molar-refractivity contribution >= 4 is 17.7 Å². The highest BCUT2D eigenvalue weighted by Crippen LogP contribution is 2.22. The van der Waals surface area contributed by atoms with Gasteiger partial charge in [0.1, 0.15) is 5.54 Å². The molecule has 1 aliphatic heterocycles. The van der Waals surface area contributed by atoms with Gasteiger partial charge in [0.2, 0.25) is 5.91 Å². The highest BCUT2D eigenvalue weighted by atomic mass is 16.3. The summed E-state index contributed by atoms with van der Waals surface area (Å²) in [5, 5.41) is 29.8. The van der Waals surface area contributed by atoms with Crippen LogP contribution in [0.5, 0.6) is 0 Å². The van der Waals surface area contributed by atoms with Gasteiger partial charge in [-0.05, 0) is 12.1 Å². The number of benzene rings is 1. The number of rotatable bonds is 7. The van der Waals surface area contributed by atoms with Gasteiger partial charge in [-0.3, -0.25) is 19.3 Å². The van der Waals surface area contributed by atoms with Crippen LogP contribution in [-0.4, -0.2) is 69.8 Å². The molecule has 0 aromatic heterocycles. The third kappa shape index (κ3) is 3.24. The van der Waals surface area contributed by atoms with E-state index in [-0.39, 0.29) is 13.0 Å². The minimum atomic E-state index is -1.53. The maximum absolute atomic E-state index is 12.1. The van der Waals surface area contributed by atoms with Gasteiger partial charge in [0.25, 0.3) is 11.8 Å². The molecule has 0 spiro atoms. The first-order valence-electron chi connectivity index (χ1n) is 7.07. The van der Waals surface area contributed by atoms with Crippen molar-refractivity contribution < 1.29 is 29.7 Å². The number of aliphatic hydroxyl groups is 3. The highest BCUT2D eigenvalue weighted by Gasteiger charge is 2.36. The van der Waals surface area contributed by atoms with Crippen molar-refractivity contribution in [2.45, 2.75) is 12.0 Å². The van der Waals surface area contributed by atoms with Crippen LogP contribution < -0.4 is 5.32 Å². The van der Waals surface area contributed by atoms with E-state index in [4.69, 9.17) is 15.3 Å². The summed E-state index contributed by atoms with van der Waals surface area (Å²) < 4.78 is 0. The molecule has 3 amide bonds. The van der Waals surface area contributed by atoms with E-state index in [1.807, 2.05) is 0 Å². The second-order valence-electron chi connectivity index (χ2n) is 5.36. The summed E-state index contributed by atoms with van der Waals surface area (Å²) in [6.45, 7) is -2.05. The molecule has 23 heavy (non-hydrogen) atoms. The SMILES string of the molecule is O=C(CCN1C(=O)c2ccccc2C1=O)NC(CO)(CO)CO. The van der Waals surface area contributed by atoms with Crippen molar-refractivity contribution in [1.29, 1.82) is 0 Å². The zero-order valence-electron chi connectivity index (χ0n) is 12.4.